The Labute approximate surface area is 136 Å². The highest BCUT2D eigenvalue weighted by molar-refractivity contribution is 5.93. The molecule has 0 radical (unpaired) electrons. The monoisotopic (exact) mass is 313 g/mol. The van der Waals surface area contributed by atoms with Crippen LogP contribution in [0, 0.1) is 19.8 Å². The number of piperidine rings is 1. The highest BCUT2D eigenvalue weighted by Gasteiger charge is 2.24. The van der Waals surface area contributed by atoms with Gasteiger partial charge in [0, 0.05) is 23.2 Å². The average Bonchev–Trinajstić information content (AvgIpc) is 2.87. The zero-order chi connectivity index (χ0) is 16.4. The quantitative estimate of drug-likeness (QED) is 0.912. The second-order valence-electron chi connectivity index (χ2n) is 6.31. The number of nitrogens with one attached hydrogen (secondary N) is 2. The van der Waals surface area contributed by atoms with Gasteiger partial charge in [0.25, 0.3) is 0 Å². The van der Waals surface area contributed by atoms with Crippen molar-refractivity contribution in [3.8, 4) is 11.5 Å². The van der Waals surface area contributed by atoms with E-state index >= 15 is 0 Å². The van der Waals surface area contributed by atoms with Crippen LogP contribution in [0.25, 0.3) is 11.5 Å². The summed E-state index contributed by atoms with van der Waals surface area (Å²) in [6.45, 7) is 6.84. The lowest BCUT2D eigenvalue weighted by Crippen LogP contribution is -2.40. The Morgan fingerprint density at radius 1 is 1.39 bits per heavy atom. The van der Waals surface area contributed by atoms with Crippen LogP contribution in [-0.4, -0.2) is 23.5 Å². The van der Waals surface area contributed by atoms with Crippen LogP contribution in [0.2, 0.25) is 0 Å². The molecule has 1 aliphatic rings. The molecule has 2 N–H and O–H groups in total. The first-order valence-electron chi connectivity index (χ1n) is 8.11. The second-order valence-corrected chi connectivity index (χ2v) is 6.31. The summed E-state index contributed by atoms with van der Waals surface area (Å²) in [5.74, 6) is 1.57. The van der Waals surface area contributed by atoms with E-state index in [9.17, 15) is 4.79 Å². The molecular formula is C18H23N3O2. The summed E-state index contributed by atoms with van der Waals surface area (Å²) in [5, 5.41) is 6.40. The molecule has 1 fully saturated rings. The fraction of sp³-hybridized carbons (Fsp3) is 0.444. The molecule has 5 heteroatoms. The Bertz CT molecular complexity index is 689. The summed E-state index contributed by atoms with van der Waals surface area (Å²) in [5.41, 5.74) is 2.54. The number of hydrogen-bond acceptors (Lipinski definition) is 4. The fourth-order valence-corrected chi connectivity index (χ4v) is 2.94. The van der Waals surface area contributed by atoms with Gasteiger partial charge in [0.15, 0.2) is 0 Å². The zero-order valence-corrected chi connectivity index (χ0v) is 13.8. The SMILES string of the molecule is Cc1nc(-c2cccc(NC(=O)[C@H]3CCN[C@@H](C)C3)c2)oc1C. The molecule has 5 nitrogen and oxygen atoms in total. The minimum atomic E-state index is 0.0705. The Kier molecular flexibility index (Phi) is 4.48. The van der Waals surface area contributed by atoms with Crippen LogP contribution in [0.5, 0.6) is 0 Å². The number of nitrogens with zero attached hydrogens (tertiary/aromatic N) is 1. The zero-order valence-electron chi connectivity index (χ0n) is 13.8. The third-order valence-electron chi connectivity index (χ3n) is 4.40. The number of aromatic nitrogens is 1. The van der Waals surface area contributed by atoms with Gasteiger partial charge in [-0.25, -0.2) is 4.98 Å². The van der Waals surface area contributed by atoms with Crippen molar-refractivity contribution in [2.45, 2.75) is 39.7 Å². The summed E-state index contributed by atoms with van der Waals surface area (Å²) in [6, 6.07) is 8.04. The highest BCUT2D eigenvalue weighted by atomic mass is 16.4. The van der Waals surface area contributed by atoms with Crippen molar-refractivity contribution in [2.24, 2.45) is 5.92 Å². The summed E-state index contributed by atoms with van der Waals surface area (Å²) in [6.07, 6.45) is 1.76. The number of benzene rings is 1. The molecular weight excluding hydrogens is 290 g/mol. The third-order valence-corrected chi connectivity index (χ3v) is 4.40. The Hall–Kier alpha value is -2.14. The molecule has 2 atom stereocenters. The molecule has 0 aliphatic carbocycles. The predicted octanol–water partition coefficient (Wildman–Crippen LogP) is 3.29. The van der Waals surface area contributed by atoms with Crippen molar-refractivity contribution in [3.05, 3.63) is 35.7 Å². The Morgan fingerprint density at radius 2 is 2.22 bits per heavy atom. The lowest BCUT2D eigenvalue weighted by atomic mass is 9.92. The van der Waals surface area contributed by atoms with Gasteiger partial charge in [-0.1, -0.05) is 6.07 Å². The molecule has 23 heavy (non-hydrogen) atoms. The van der Waals surface area contributed by atoms with Crippen LogP contribution in [0.1, 0.15) is 31.2 Å². The average molecular weight is 313 g/mol. The largest absolute Gasteiger partial charge is 0.441 e. The summed E-state index contributed by atoms with van der Waals surface area (Å²) in [4.78, 5) is 16.9. The topological polar surface area (TPSA) is 67.2 Å². The van der Waals surface area contributed by atoms with Gasteiger partial charge in [-0.2, -0.15) is 0 Å². The molecule has 0 bridgehead atoms. The van der Waals surface area contributed by atoms with Crippen molar-refractivity contribution in [3.63, 3.8) is 0 Å². The fourth-order valence-electron chi connectivity index (χ4n) is 2.94. The maximum Gasteiger partial charge on any atom is 0.227 e. The minimum absolute atomic E-state index is 0.0705. The van der Waals surface area contributed by atoms with Gasteiger partial charge in [-0.3, -0.25) is 4.79 Å². The molecule has 1 aromatic carbocycles. The van der Waals surface area contributed by atoms with E-state index in [0.29, 0.717) is 11.9 Å². The lowest BCUT2D eigenvalue weighted by Gasteiger charge is -2.27. The second kappa shape index (κ2) is 6.54. The third kappa shape index (κ3) is 3.62. The number of oxazole rings is 1. The standard InChI is InChI=1S/C18H23N3O2/c1-11-9-14(7-8-19-11)17(22)21-16-6-4-5-15(10-16)18-20-12(2)13(3)23-18/h4-6,10-11,14,19H,7-9H2,1-3H3,(H,21,22)/t11-,14-/m0/s1. The van der Waals surface area contributed by atoms with Crippen molar-refractivity contribution in [1.29, 1.82) is 0 Å². The first-order valence-corrected chi connectivity index (χ1v) is 8.11. The lowest BCUT2D eigenvalue weighted by molar-refractivity contribution is -0.120. The molecule has 1 aliphatic heterocycles. The van der Waals surface area contributed by atoms with Crippen LogP contribution in [-0.2, 0) is 4.79 Å². The van der Waals surface area contributed by atoms with Crippen LogP contribution < -0.4 is 10.6 Å². The van der Waals surface area contributed by atoms with E-state index in [4.69, 9.17) is 4.42 Å². The first kappa shape index (κ1) is 15.7. The number of carbonyl (C=O) groups excluding carboxylic acids is 1. The van der Waals surface area contributed by atoms with Crippen molar-refractivity contribution in [1.82, 2.24) is 10.3 Å². The first-order chi connectivity index (χ1) is 11.0. The molecule has 3 rings (SSSR count). The van der Waals surface area contributed by atoms with Crippen molar-refractivity contribution >= 4 is 11.6 Å². The van der Waals surface area contributed by atoms with E-state index in [1.54, 1.807) is 0 Å². The van der Waals surface area contributed by atoms with E-state index < -0.39 is 0 Å². The number of rotatable bonds is 3. The van der Waals surface area contributed by atoms with Crippen molar-refractivity contribution < 1.29 is 9.21 Å². The summed E-state index contributed by atoms with van der Waals surface area (Å²) >= 11 is 0. The van der Waals surface area contributed by atoms with Crippen LogP contribution in [0.3, 0.4) is 0 Å². The van der Waals surface area contributed by atoms with E-state index in [-0.39, 0.29) is 11.8 Å². The maximum absolute atomic E-state index is 12.4. The number of hydrogen-bond donors (Lipinski definition) is 2. The van der Waals surface area contributed by atoms with E-state index in [1.807, 2.05) is 38.1 Å². The molecule has 1 saturated heterocycles. The smallest absolute Gasteiger partial charge is 0.227 e. The molecule has 1 amide bonds. The Morgan fingerprint density at radius 3 is 2.91 bits per heavy atom. The number of anilines is 1. The van der Waals surface area contributed by atoms with Gasteiger partial charge in [0.05, 0.1) is 5.69 Å². The van der Waals surface area contributed by atoms with Gasteiger partial charge in [-0.05, 0) is 58.4 Å². The van der Waals surface area contributed by atoms with Gasteiger partial charge in [0.2, 0.25) is 11.8 Å². The normalized spacial score (nSPS) is 21.2. The molecule has 0 saturated carbocycles. The molecule has 0 spiro atoms. The minimum Gasteiger partial charge on any atom is -0.441 e. The van der Waals surface area contributed by atoms with E-state index in [1.165, 1.54) is 0 Å². The summed E-state index contributed by atoms with van der Waals surface area (Å²) in [7, 11) is 0. The maximum atomic E-state index is 12.4. The van der Waals surface area contributed by atoms with Gasteiger partial charge < -0.3 is 15.1 Å². The van der Waals surface area contributed by atoms with Gasteiger partial charge in [0.1, 0.15) is 5.76 Å². The van der Waals surface area contributed by atoms with Gasteiger partial charge in [-0.15, -0.1) is 0 Å². The summed E-state index contributed by atoms with van der Waals surface area (Å²) < 4.78 is 5.66. The van der Waals surface area contributed by atoms with Gasteiger partial charge >= 0.3 is 0 Å². The predicted molar refractivity (Wildman–Crippen MR) is 90.2 cm³/mol. The highest BCUT2D eigenvalue weighted by Crippen LogP contribution is 2.25. The van der Waals surface area contributed by atoms with E-state index in [0.717, 1.165) is 42.1 Å². The molecule has 122 valence electrons. The number of carbonyl (C=O) groups is 1. The van der Waals surface area contributed by atoms with Crippen LogP contribution in [0.4, 0.5) is 5.69 Å². The number of amides is 1. The number of aryl methyl sites for hydroxylation is 2. The molecule has 0 unspecified atom stereocenters. The van der Waals surface area contributed by atoms with Crippen LogP contribution in [0.15, 0.2) is 28.7 Å². The van der Waals surface area contributed by atoms with E-state index in [2.05, 4.69) is 22.5 Å². The molecule has 2 aromatic rings. The molecule has 2 heterocycles. The van der Waals surface area contributed by atoms with Crippen LogP contribution >= 0.6 is 0 Å². The Balaban J connectivity index is 1.73. The molecule has 1 aromatic heterocycles. The van der Waals surface area contributed by atoms with Crippen molar-refractivity contribution in [2.75, 3.05) is 11.9 Å².